The molecule has 0 fully saturated rings. The van der Waals surface area contributed by atoms with E-state index in [9.17, 15) is 5.26 Å². The molecule has 5 heteroatoms. The summed E-state index contributed by atoms with van der Waals surface area (Å²) in [6.45, 7) is 0. The number of aryl methyl sites for hydroxylation is 1. The quantitative estimate of drug-likeness (QED) is 0.334. The van der Waals surface area contributed by atoms with E-state index >= 15 is 0 Å². The Labute approximate surface area is 171 Å². The molecule has 0 radical (unpaired) electrons. The van der Waals surface area contributed by atoms with E-state index in [-0.39, 0.29) is 0 Å². The third-order valence-corrected chi connectivity index (χ3v) is 6.90. The van der Waals surface area contributed by atoms with E-state index in [1.54, 1.807) is 34.4 Å². The number of nitriles is 1. The monoisotopic (exact) mass is 404 g/mol. The van der Waals surface area contributed by atoms with E-state index in [0.717, 1.165) is 38.2 Å². The van der Waals surface area contributed by atoms with Crippen LogP contribution in [0.15, 0.2) is 76.4 Å². The molecule has 4 rings (SSSR count). The SMILES string of the molecule is N#Cc1c(-c2cccs2)cc(-c2cccs2)nc1SCCc1ccccc1. The zero-order valence-corrected chi connectivity index (χ0v) is 16.9. The molecule has 0 N–H and O–H groups in total. The van der Waals surface area contributed by atoms with Gasteiger partial charge in [0.25, 0.3) is 0 Å². The molecule has 132 valence electrons. The van der Waals surface area contributed by atoms with Crippen LogP contribution < -0.4 is 0 Å². The molecule has 0 bridgehead atoms. The minimum absolute atomic E-state index is 0.677. The van der Waals surface area contributed by atoms with Crippen LogP contribution >= 0.6 is 34.4 Å². The molecule has 0 aliphatic carbocycles. The lowest BCUT2D eigenvalue weighted by molar-refractivity contribution is 1.10. The van der Waals surface area contributed by atoms with Gasteiger partial charge in [-0.05, 0) is 40.9 Å². The first-order valence-electron chi connectivity index (χ1n) is 8.55. The third-order valence-electron chi connectivity index (χ3n) is 4.13. The van der Waals surface area contributed by atoms with Crippen LogP contribution in [-0.4, -0.2) is 10.7 Å². The topological polar surface area (TPSA) is 36.7 Å². The highest BCUT2D eigenvalue weighted by atomic mass is 32.2. The van der Waals surface area contributed by atoms with Crippen molar-refractivity contribution in [2.45, 2.75) is 11.4 Å². The Hall–Kier alpha value is -2.39. The van der Waals surface area contributed by atoms with Crippen molar-refractivity contribution >= 4 is 34.4 Å². The molecule has 1 aromatic carbocycles. The molecule has 0 saturated carbocycles. The summed E-state index contributed by atoms with van der Waals surface area (Å²) in [4.78, 5) is 7.08. The summed E-state index contributed by atoms with van der Waals surface area (Å²) < 4.78 is 0. The normalized spacial score (nSPS) is 10.6. The van der Waals surface area contributed by atoms with Gasteiger partial charge in [0.15, 0.2) is 0 Å². The summed E-state index contributed by atoms with van der Waals surface area (Å²) in [7, 11) is 0. The first-order chi connectivity index (χ1) is 13.3. The van der Waals surface area contributed by atoms with Crippen LogP contribution in [0, 0.1) is 11.3 Å². The van der Waals surface area contributed by atoms with Crippen molar-refractivity contribution in [1.29, 1.82) is 5.26 Å². The highest BCUT2D eigenvalue weighted by Crippen LogP contribution is 2.37. The van der Waals surface area contributed by atoms with Gasteiger partial charge in [0.1, 0.15) is 11.1 Å². The van der Waals surface area contributed by atoms with Crippen LogP contribution in [0.1, 0.15) is 11.1 Å². The zero-order chi connectivity index (χ0) is 18.5. The van der Waals surface area contributed by atoms with Crippen molar-refractivity contribution in [3.05, 3.63) is 82.6 Å². The molecule has 0 atom stereocenters. The Morgan fingerprint density at radius 1 is 0.926 bits per heavy atom. The van der Waals surface area contributed by atoms with Gasteiger partial charge in [0.05, 0.1) is 16.1 Å². The van der Waals surface area contributed by atoms with Crippen LogP contribution in [0.2, 0.25) is 0 Å². The van der Waals surface area contributed by atoms with E-state index in [1.807, 2.05) is 23.6 Å². The van der Waals surface area contributed by atoms with Crippen LogP contribution in [0.25, 0.3) is 21.0 Å². The number of rotatable bonds is 6. The molecule has 27 heavy (non-hydrogen) atoms. The number of benzene rings is 1. The second-order valence-electron chi connectivity index (χ2n) is 5.89. The number of pyridine rings is 1. The fourth-order valence-corrected chi connectivity index (χ4v) is 5.25. The smallest absolute Gasteiger partial charge is 0.115 e. The lowest BCUT2D eigenvalue weighted by Crippen LogP contribution is -1.96. The van der Waals surface area contributed by atoms with E-state index in [1.165, 1.54) is 5.56 Å². The van der Waals surface area contributed by atoms with Crippen LogP contribution in [0.5, 0.6) is 0 Å². The summed E-state index contributed by atoms with van der Waals surface area (Å²) in [6, 6.07) is 23.1. The van der Waals surface area contributed by atoms with Crippen molar-refractivity contribution < 1.29 is 0 Å². The minimum Gasteiger partial charge on any atom is -0.239 e. The average Bonchev–Trinajstić information content (AvgIpc) is 3.42. The number of thiophene rings is 2. The zero-order valence-electron chi connectivity index (χ0n) is 14.5. The number of hydrogen-bond acceptors (Lipinski definition) is 5. The second kappa shape index (κ2) is 8.53. The van der Waals surface area contributed by atoms with Gasteiger partial charge in [0.2, 0.25) is 0 Å². The molecule has 0 aliphatic rings. The summed E-state index contributed by atoms with van der Waals surface area (Å²) in [5, 5.41) is 14.8. The van der Waals surface area contributed by atoms with Crippen molar-refractivity contribution in [1.82, 2.24) is 4.98 Å². The Balaban J connectivity index is 1.69. The van der Waals surface area contributed by atoms with Crippen molar-refractivity contribution in [3.63, 3.8) is 0 Å². The summed E-state index contributed by atoms with van der Waals surface area (Å²) in [6.07, 6.45) is 0.954. The number of thioether (sulfide) groups is 1. The molecular weight excluding hydrogens is 388 g/mol. The summed E-state index contributed by atoms with van der Waals surface area (Å²) >= 11 is 4.99. The van der Waals surface area contributed by atoms with Gasteiger partial charge < -0.3 is 0 Å². The van der Waals surface area contributed by atoms with E-state index in [2.05, 4.69) is 53.9 Å². The van der Waals surface area contributed by atoms with Gasteiger partial charge in [-0.3, -0.25) is 0 Å². The molecule has 3 heterocycles. The van der Waals surface area contributed by atoms with Crippen LogP contribution in [-0.2, 0) is 6.42 Å². The molecule has 0 aliphatic heterocycles. The Kier molecular flexibility index (Phi) is 5.69. The van der Waals surface area contributed by atoms with Crippen molar-refractivity contribution in [3.8, 4) is 27.1 Å². The standard InChI is InChI=1S/C22H16N2S3/c23-15-18-17(20-8-4-11-25-20)14-19(21-9-5-12-26-21)24-22(18)27-13-10-16-6-2-1-3-7-16/h1-9,11-12,14H,10,13H2. The maximum atomic E-state index is 9.84. The third kappa shape index (κ3) is 4.14. The minimum atomic E-state index is 0.677. The number of aromatic nitrogens is 1. The predicted octanol–water partition coefficient (Wildman–Crippen LogP) is 6.75. The molecule has 3 aromatic heterocycles. The van der Waals surface area contributed by atoms with Gasteiger partial charge >= 0.3 is 0 Å². The van der Waals surface area contributed by atoms with E-state index in [0.29, 0.717) is 5.56 Å². The first-order valence-corrected chi connectivity index (χ1v) is 11.3. The fourth-order valence-electron chi connectivity index (χ4n) is 2.82. The molecular formula is C22H16N2S3. The van der Waals surface area contributed by atoms with Crippen molar-refractivity contribution in [2.75, 3.05) is 5.75 Å². The van der Waals surface area contributed by atoms with Gasteiger partial charge in [0, 0.05) is 16.2 Å². The second-order valence-corrected chi connectivity index (χ2v) is 8.86. The first kappa shape index (κ1) is 18.0. The lowest BCUT2D eigenvalue weighted by Gasteiger charge is -2.10. The predicted molar refractivity (Wildman–Crippen MR) is 116 cm³/mol. The Morgan fingerprint density at radius 3 is 2.33 bits per heavy atom. The fraction of sp³-hybridized carbons (Fsp3) is 0.0909. The number of hydrogen-bond donors (Lipinski definition) is 0. The van der Waals surface area contributed by atoms with Gasteiger partial charge in [-0.25, -0.2) is 4.98 Å². The Morgan fingerprint density at radius 2 is 1.67 bits per heavy atom. The van der Waals surface area contributed by atoms with Gasteiger partial charge in [-0.2, -0.15) is 5.26 Å². The van der Waals surface area contributed by atoms with Gasteiger partial charge in [-0.15, -0.1) is 34.4 Å². The molecule has 2 nitrogen and oxygen atoms in total. The Bertz CT molecular complexity index is 1050. The summed E-state index contributed by atoms with van der Waals surface area (Å²) in [5.41, 5.74) is 3.90. The van der Waals surface area contributed by atoms with E-state index in [4.69, 9.17) is 4.98 Å². The van der Waals surface area contributed by atoms with Crippen LogP contribution in [0.3, 0.4) is 0 Å². The van der Waals surface area contributed by atoms with Crippen LogP contribution in [0.4, 0.5) is 0 Å². The lowest BCUT2D eigenvalue weighted by atomic mass is 10.1. The van der Waals surface area contributed by atoms with Crippen molar-refractivity contribution in [2.24, 2.45) is 0 Å². The van der Waals surface area contributed by atoms with Gasteiger partial charge in [-0.1, -0.05) is 42.5 Å². The molecule has 0 saturated heterocycles. The molecule has 0 amide bonds. The maximum Gasteiger partial charge on any atom is 0.115 e. The molecule has 4 aromatic rings. The largest absolute Gasteiger partial charge is 0.239 e. The average molecular weight is 405 g/mol. The molecule has 0 unspecified atom stereocenters. The molecule has 0 spiro atoms. The highest BCUT2D eigenvalue weighted by Gasteiger charge is 2.16. The van der Waals surface area contributed by atoms with E-state index < -0.39 is 0 Å². The number of nitrogens with zero attached hydrogens (tertiary/aromatic N) is 2. The highest BCUT2D eigenvalue weighted by molar-refractivity contribution is 7.99. The maximum absolute atomic E-state index is 9.84. The summed E-state index contributed by atoms with van der Waals surface area (Å²) in [5.74, 6) is 0.892.